The van der Waals surface area contributed by atoms with Crippen LogP contribution in [0.25, 0.3) is 0 Å². The number of benzene rings is 3. The van der Waals surface area contributed by atoms with Crippen molar-refractivity contribution in [3.63, 3.8) is 0 Å². The van der Waals surface area contributed by atoms with Crippen molar-refractivity contribution in [2.24, 2.45) is 4.99 Å². The molecule has 1 aliphatic rings. The number of aryl methyl sites for hydroxylation is 1. The highest BCUT2D eigenvalue weighted by Crippen LogP contribution is 2.30. The van der Waals surface area contributed by atoms with Gasteiger partial charge in [-0.2, -0.15) is 13.2 Å². The zero-order chi connectivity index (χ0) is 30.6. The van der Waals surface area contributed by atoms with Gasteiger partial charge in [0.15, 0.2) is 5.78 Å². The molecule has 41 heavy (non-hydrogen) atoms. The average molecular weight is 569 g/mol. The van der Waals surface area contributed by atoms with Crippen molar-refractivity contribution in [2.45, 2.75) is 60.1 Å². The Hall–Kier alpha value is -3.58. The van der Waals surface area contributed by atoms with E-state index in [0.29, 0.717) is 5.92 Å². The van der Waals surface area contributed by atoms with Crippen LogP contribution in [-0.2, 0) is 11.0 Å². The highest BCUT2D eigenvalue weighted by molar-refractivity contribution is 5.95. The number of carbonyl (C=O) groups is 1. The Morgan fingerprint density at radius 3 is 1.88 bits per heavy atom. The Balaban J connectivity index is 0.000000216. The highest BCUT2D eigenvalue weighted by atomic mass is 19.4. The van der Waals surface area contributed by atoms with Gasteiger partial charge in [0.05, 0.1) is 5.56 Å². The van der Waals surface area contributed by atoms with E-state index < -0.39 is 17.6 Å². The SMILES string of the molecule is CC(c1ccccc1)c1ccccc1.CCN1CCC(N=C(C)C)=C(C(C)=O)C1.Cc1cc(C(F)(F)F)ccc1F. The lowest BCUT2D eigenvalue weighted by Gasteiger charge is -2.27. The maximum atomic E-state index is 12.5. The minimum absolute atomic E-state index is 0.00447. The molecule has 1 heterocycles. The Kier molecular flexibility index (Phi) is 13.1. The first-order valence-electron chi connectivity index (χ1n) is 13.7. The summed E-state index contributed by atoms with van der Waals surface area (Å²) in [7, 11) is 0. The van der Waals surface area contributed by atoms with Crippen molar-refractivity contribution in [3.8, 4) is 0 Å². The standard InChI is InChI=1S/C14H14.C12H20N2O.C8H6F4/c1-12(13-8-4-2-5-9-13)14-10-6-3-7-11-14;1-5-14-7-6-12(13-9(2)3)11(8-14)10(4)15;1-5-4-6(8(10,11)12)2-3-7(5)9/h2-12H,1H3;5-8H2,1-4H3;2-4H,1H3. The maximum Gasteiger partial charge on any atom is 0.416 e. The normalized spacial score (nSPS) is 13.5. The van der Waals surface area contributed by atoms with E-state index in [1.165, 1.54) is 18.1 Å². The van der Waals surface area contributed by atoms with Crippen molar-refractivity contribution in [1.29, 1.82) is 0 Å². The Labute approximate surface area is 241 Å². The van der Waals surface area contributed by atoms with Crippen molar-refractivity contribution >= 4 is 11.5 Å². The summed E-state index contributed by atoms with van der Waals surface area (Å²) < 4.78 is 48.5. The van der Waals surface area contributed by atoms with Crippen LogP contribution in [0, 0.1) is 12.7 Å². The van der Waals surface area contributed by atoms with Crippen LogP contribution < -0.4 is 0 Å². The van der Waals surface area contributed by atoms with Crippen molar-refractivity contribution in [3.05, 3.63) is 118 Å². The zero-order valence-corrected chi connectivity index (χ0v) is 24.7. The predicted molar refractivity (Wildman–Crippen MR) is 160 cm³/mol. The fourth-order valence-corrected chi connectivity index (χ4v) is 4.28. The Bertz CT molecular complexity index is 1270. The van der Waals surface area contributed by atoms with Gasteiger partial charge < -0.3 is 0 Å². The minimum Gasteiger partial charge on any atom is -0.299 e. The molecule has 1 aliphatic heterocycles. The van der Waals surface area contributed by atoms with E-state index in [4.69, 9.17) is 0 Å². The van der Waals surface area contributed by atoms with E-state index in [0.717, 1.165) is 61.2 Å². The third-order valence-corrected chi connectivity index (χ3v) is 6.71. The second-order valence-electron chi connectivity index (χ2n) is 10.2. The molecule has 0 fully saturated rings. The van der Waals surface area contributed by atoms with Gasteiger partial charge in [-0.05, 0) is 69.1 Å². The molecule has 0 saturated carbocycles. The van der Waals surface area contributed by atoms with E-state index in [-0.39, 0.29) is 11.3 Å². The average Bonchev–Trinajstić information content (AvgIpc) is 2.95. The molecule has 0 radical (unpaired) electrons. The topological polar surface area (TPSA) is 32.7 Å². The first-order valence-corrected chi connectivity index (χ1v) is 13.7. The van der Waals surface area contributed by atoms with Gasteiger partial charge in [-0.15, -0.1) is 0 Å². The number of hydrogen-bond donors (Lipinski definition) is 0. The summed E-state index contributed by atoms with van der Waals surface area (Å²) >= 11 is 0. The Morgan fingerprint density at radius 1 is 0.927 bits per heavy atom. The maximum absolute atomic E-state index is 12.5. The van der Waals surface area contributed by atoms with Gasteiger partial charge in [0.2, 0.25) is 0 Å². The molecular formula is C34H40F4N2O. The molecular weight excluding hydrogens is 528 g/mol. The minimum atomic E-state index is -4.39. The van der Waals surface area contributed by atoms with Gasteiger partial charge in [0.25, 0.3) is 0 Å². The van der Waals surface area contributed by atoms with Gasteiger partial charge in [0, 0.05) is 42.4 Å². The number of halogens is 4. The first-order chi connectivity index (χ1) is 19.3. The van der Waals surface area contributed by atoms with Crippen LogP contribution in [0.1, 0.15) is 69.2 Å². The Morgan fingerprint density at radius 2 is 1.46 bits per heavy atom. The van der Waals surface area contributed by atoms with Crippen LogP contribution in [0.15, 0.2) is 95.1 Å². The molecule has 3 nitrogen and oxygen atoms in total. The summed E-state index contributed by atoms with van der Waals surface area (Å²) in [6, 6.07) is 23.5. The van der Waals surface area contributed by atoms with Crippen LogP contribution in [0.2, 0.25) is 0 Å². The summed E-state index contributed by atoms with van der Waals surface area (Å²) in [6.45, 7) is 14.0. The van der Waals surface area contributed by atoms with Crippen molar-refractivity contribution < 1.29 is 22.4 Å². The second kappa shape index (κ2) is 16.0. The van der Waals surface area contributed by atoms with Crippen LogP contribution >= 0.6 is 0 Å². The molecule has 0 N–H and O–H groups in total. The molecule has 0 amide bonds. The van der Waals surface area contributed by atoms with Crippen LogP contribution in [0.5, 0.6) is 0 Å². The summed E-state index contributed by atoms with van der Waals surface area (Å²) in [5.41, 5.74) is 4.84. The van der Waals surface area contributed by atoms with Gasteiger partial charge in [0.1, 0.15) is 5.82 Å². The van der Waals surface area contributed by atoms with E-state index >= 15 is 0 Å². The van der Waals surface area contributed by atoms with Crippen LogP contribution in [0.3, 0.4) is 0 Å². The van der Waals surface area contributed by atoms with Gasteiger partial charge >= 0.3 is 6.18 Å². The number of hydrogen-bond acceptors (Lipinski definition) is 3. The number of aliphatic imine (C=N–C) groups is 1. The predicted octanol–water partition coefficient (Wildman–Crippen LogP) is 9.03. The fraction of sp³-hybridized carbons (Fsp3) is 0.353. The number of rotatable bonds is 5. The molecule has 0 saturated heterocycles. The van der Waals surface area contributed by atoms with Crippen LogP contribution in [0.4, 0.5) is 17.6 Å². The molecule has 0 aliphatic carbocycles. The summed E-state index contributed by atoms with van der Waals surface area (Å²) in [6.07, 6.45) is -3.49. The number of nitrogens with zero attached hydrogens (tertiary/aromatic N) is 2. The number of likely N-dealkylation sites (N-methyl/N-ethyl adjacent to an activating group) is 1. The molecule has 0 aromatic heterocycles. The third kappa shape index (κ3) is 11.1. The monoisotopic (exact) mass is 568 g/mol. The van der Waals surface area contributed by atoms with Crippen LogP contribution in [-0.4, -0.2) is 36.0 Å². The molecule has 0 bridgehead atoms. The molecule has 0 spiro atoms. The van der Waals surface area contributed by atoms with Gasteiger partial charge in [-0.1, -0.05) is 74.5 Å². The fourth-order valence-electron chi connectivity index (χ4n) is 4.28. The number of alkyl halides is 3. The lowest BCUT2D eigenvalue weighted by Crippen LogP contribution is -2.33. The quantitative estimate of drug-likeness (QED) is 0.227. The van der Waals surface area contributed by atoms with E-state index in [9.17, 15) is 22.4 Å². The van der Waals surface area contributed by atoms with Crippen molar-refractivity contribution in [1.82, 2.24) is 4.90 Å². The van der Waals surface area contributed by atoms with Gasteiger partial charge in [-0.3, -0.25) is 14.7 Å². The summed E-state index contributed by atoms with van der Waals surface area (Å²) in [5.74, 6) is 0.0218. The van der Waals surface area contributed by atoms with Crippen molar-refractivity contribution in [2.75, 3.05) is 19.6 Å². The number of carbonyl (C=O) groups excluding carboxylic acids is 1. The summed E-state index contributed by atoms with van der Waals surface area (Å²) in [5, 5.41) is 0. The molecule has 0 unspecified atom stereocenters. The smallest absolute Gasteiger partial charge is 0.299 e. The summed E-state index contributed by atoms with van der Waals surface area (Å²) in [4.78, 5) is 18.2. The van der Waals surface area contributed by atoms with E-state index in [1.54, 1.807) is 6.92 Å². The zero-order valence-electron chi connectivity index (χ0n) is 24.7. The second-order valence-corrected chi connectivity index (χ2v) is 10.2. The lowest BCUT2D eigenvalue weighted by molar-refractivity contribution is -0.137. The molecule has 7 heteroatoms. The molecule has 0 atom stereocenters. The molecule has 3 aromatic rings. The van der Waals surface area contributed by atoms with E-state index in [2.05, 4.69) is 84.4 Å². The third-order valence-electron chi connectivity index (χ3n) is 6.71. The largest absolute Gasteiger partial charge is 0.416 e. The number of ketones is 1. The molecule has 220 valence electrons. The first kappa shape index (κ1) is 33.6. The molecule has 3 aromatic carbocycles. The molecule has 4 rings (SSSR count). The number of Topliss-reactive ketones (excluding diaryl/α,β-unsaturated/α-hetero) is 1. The highest BCUT2D eigenvalue weighted by Gasteiger charge is 2.30. The van der Waals surface area contributed by atoms with Gasteiger partial charge in [-0.25, -0.2) is 4.39 Å². The van der Waals surface area contributed by atoms with E-state index in [1.807, 2.05) is 13.8 Å². The lowest BCUT2D eigenvalue weighted by atomic mass is 9.93.